The second-order valence-electron chi connectivity index (χ2n) is 3.28. The number of aromatic nitrogens is 4. The van der Waals surface area contributed by atoms with Crippen LogP contribution in [0.5, 0.6) is 0 Å². The molecule has 16 heavy (non-hydrogen) atoms. The van der Waals surface area contributed by atoms with Gasteiger partial charge in [-0.05, 0) is 12.7 Å². The first kappa shape index (κ1) is 11.5. The van der Waals surface area contributed by atoms with Crippen molar-refractivity contribution >= 4 is 40.5 Å². The summed E-state index contributed by atoms with van der Waals surface area (Å²) in [5.41, 5.74) is 1.46. The predicted octanol–water partition coefficient (Wildman–Crippen LogP) is 2.42. The van der Waals surface area contributed by atoms with Crippen molar-refractivity contribution in [3.05, 3.63) is 0 Å². The number of fused-ring (bicyclic) bond motifs is 1. The second kappa shape index (κ2) is 5.40. The van der Waals surface area contributed by atoms with Gasteiger partial charge in [-0.15, -0.1) is 0 Å². The molecule has 0 saturated heterocycles. The number of nitrogens with one attached hydrogen (secondary N) is 1. The van der Waals surface area contributed by atoms with E-state index >= 15 is 0 Å². The van der Waals surface area contributed by atoms with Crippen molar-refractivity contribution in [3.8, 4) is 0 Å². The molecule has 0 aliphatic rings. The standard InChI is InChI=1S/C9H13N5S2/c1-3-4-5-10-7-6-8(14-16-13-6)12-9(11-7)15-2/h3-5H2,1-2H3,(H,10,11,12,14). The summed E-state index contributed by atoms with van der Waals surface area (Å²) in [7, 11) is 0. The molecular weight excluding hydrogens is 242 g/mol. The molecule has 2 rings (SSSR count). The molecular formula is C9H13N5S2. The first-order chi connectivity index (χ1) is 7.85. The molecule has 1 N–H and O–H groups in total. The van der Waals surface area contributed by atoms with Gasteiger partial charge in [0.15, 0.2) is 22.1 Å². The van der Waals surface area contributed by atoms with Crippen LogP contribution in [-0.2, 0) is 0 Å². The van der Waals surface area contributed by atoms with Gasteiger partial charge in [-0.25, -0.2) is 4.98 Å². The van der Waals surface area contributed by atoms with Crippen LogP contribution in [0.4, 0.5) is 5.82 Å². The Labute approximate surface area is 102 Å². The zero-order chi connectivity index (χ0) is 11.4. The van der Waals surface area contributed by atoms with Gasteiger partial charge < -0.3 is 5.32 Å². The zero-order valence-corrected chi connectivity index (χ0v) is 10.9. The summed E-state index contributed by atoms with van der Waals surface area (Å²) in [6, 6.07) is 0. The predicted molar refractivity (Wildman–Crippen MR) is 68.2 cm³/mol. The molecule has 0 spiro atoms. The lowest BCUT2D eigenvalue weighted by Crippen LogP contribution is -2.05. The minimum atomic E-state index is 0.684. The molecule has 0 atom stereocenters. The summed E-state index contributed by atoms with van der Waals surface area (Å²) in [4.78, 5) is 8.70. The molecule has 2 aromatic heterocycles. The fraction of sp³-hybridized carbons (Fsp3) is 0.556. The van der Waals surface area contributed by atoms with E-state index in [0.717, 1.165) is 35.9 Å². The second-order valence-corrected chi connectivity index (χ2v) is 4.58. The third-order valence-electron chi connectivity index (χ3n) is 2.11. The van der Waals surface area contributed by atoms with Gasteiger partial charge in [-0.2, -0.15) is 13.7 Å². The Bertz CT molecular complexity index is 470. The summed E-state index contributed by atoms with van der Waals surface area (Å²) in [6.45, 7) is 3.07. The summed E-state index contributed by atoms with van der Waals surface area (Å²) in [6.07, 6.45) is 4.24. The van der Waals surface area contributed by atoms with Crippen LogP contribution in [0, 0.1) is 0 Å². The van der Waals surface area contributed by atoms with E-state index < -0.39 is 0 Å². The number of unbranched alkanes of at least 4 members (excludes halogenated alkanes) is 1. The van der Waals surface area contributed by atoms with E-state index in [4.69, 9.17) is 0 Å². The summed E-state index contributed by atoms with van der Waals surface area (Å²) in [5.74, 6) is 0.802. The van der Waals surface area contributed by atoms with Crippen LogP contribution in [-0.4, -0.2) is 31.5 Å². The molecule has 0 bridgehead atoms. The average molecular weight is 255 g/mol. The van der Waals surface area contributed by atoms with E-state index in [2.05, 4.69) is 31.0 Å². The Morgan fingerprint density at radius 3 is 2.94 bits per heavy atom. The minimum absolute atomic E-state index is 0.684. The quantitative estimate of drug-likeness (QED) is 0.503. The van der Waals surface area contributed by atoms with Crippen LogP contribution in [0.1, 0.15) is 19.8 Å². The van der Waals surface area contributed by atoms with E-state index in [-0.39, 0.29) is 0 Å². The SMILES string of the molecule is CCCCNc1nc(SC)nc2nsnc12. The summed E-state index contributed by atoms with van der Waals surface area (Å²) >= 11 is 2.69. The average Bonchev–Trinajstić information content (AvgIpc) is 2.77. The van der Waals surface area contributed by atoms with Crippen molar-refractivity contribution in [2.75, 3.05) is 18.1 Å². The molecule has 5 nitrogen and oxygen atoms in total. The third kappa shape index (κ3) is 2.41. The summed E-state index contributed by atoms with van der Waals surface area (Å²) < 4.78 is 8.35. The molecule has 0 aromatic carbocycles. The minimum Gasteiger partial charge on any atom is -0.368 e. The highest BCUT2D eigenvalue weighted by Gasteiger charge is 2.10. The third-order valence-corrected chi connectivity index (χ3v) is 3.18. The molecule has 0 unspecified atom stereocenters. The maximum atomic E-state index is 4.41. The highest BCUT2D eigenvalue weighted by atomic mass is 32.2. The van der Waals surface area contributed by atoms with Crippen LogP contribution in [0.3, 0.4) is 0 Å². The molecule has 7 heteroatoms. The van der Waals surface area contributed by atoms with Gasteiger partial charge in [0, 0.05) is 6.54 Å². The van der Waals surface area contributed by atoms with Crippen LogP contribution >= 0.6 is 23.5 Å². The van der Waals surface area contributed by atoms with Crippen molar-refractivity contribution < 1.29 is 0 Å². The largest absolute Gasteiger partial charge is 0.368 e. The molecule has 86 valence electrons. The monoisotopic (exact) mass is 255 g/mol. The zero-order valence-electron chi connectivity index (χ0n) is 9.23. The normalized spacial score (nSPS) is 10.9. The van der Waals surface area contributed by atoms with Crippen LogP contribution in [0.25, 0.3) is 11.2 Å². The lowest BCUT2D eigenvalue weighted by molar-refractivity contribution is 0.828. The number of nitrogens with zero attached hydrogens (tertiary/aromatic N) is 4. The van der Waals surface area contributed by atoms with Gasteiger partial charge in [0.05, 0.1) is 11.7 Å². The Kier molecular flexibility index (Phi) is 3.89. The molecule has 0 saturated carbocycles. The van der Waals surface area contributed by atoms with Gasteiger partial charge in [-0.1, -0.05) is 25.1 Å². The molecule has 0 radical (unpaired) electrons. The van der Waals surface area contributed by atoms with Crippen molar-refractivity contribution in [2.24, 2.45) is 0 Å². The fourth-order valence-electron chi connectivity index (χ4n) is 1.27. The highest BCUT2D eigenvalue weighted by Crippen LogP contribution is 2.21. The van der Waals surface area contributed by atoms with Crippen LogP contribution < -0.4 is 5.32 Å². The van der Waals surface area contributed by atoms with Gasteiger partial charge in [0.1, 0.15) is 0 Å². The van der Waals surface area contributed by atoms with Gasteiger partial charge in [-0.3, -0.25) is 0 Å². The van der Waals surface area contributed by atoms with Gasteiger partial charge >= 0.3 is 0 Å². The van der Waals surface area contributed by atoms with E-state index in [1.807, 2.05) is 6.26 Å². The van der Waals surface area contributed by atoms with E-state index in [1.54, 1.807) is 0 Å². The highest BCUT2D eigenvalue weighted by molar-refractivity contribution is 7.98. The fourth-order valence-corrected chi connectivity index (χ4v) is 2.12. The molecule has 2 heterocycles. The first-order valence-electron chi connectivity index (χ1n) is 5.13. The lowest BCUT2D eigenvalue weighted by Gasteiger charge is -2.05. The summed E-state index contributed by atoms with van der Waals surface area (Å²) in [5, 5.41) is 4.02. The van der Waals surface area contributed by atoms with Crippen molar-refractivity contribution in [2.45, 2.75) is 24.9 Å². The van der Waals surface area contributed by atoms with Crippen molar-refractivity contribution in [3.63, 3.8) is 0 Å². The number of thioether (sulfide) groups is 1. The molecule has 0 aliphatic carbocycles. The maximum Gasteiger partial charge on any atom is 0.199 e. The molecule has 2 aromatic rings. The first-order valence-corrected chi connectivity index (χ1v) is 7.08. The van der Waals surface area contributed by atoms with E-state index in [9.17, 15) is 0 Å². The molecule has 0 fully saturated rings. The Morgan fingerprint density at radius 1 is 1.31 bits per heavy atom. The smallest absolute Gasteiger partial charge is 0.199 e. The number of rotatable bonds is 5. The van der Waals surface area contributed by atoms with Crippen LogP contribution in [0.15, 0.2) is 5.16 Å². The maximum absolute atomic E-state index is 4.41. The van der Waals surface area contributed by atoms with Crippen molar-refractivity contribution in [1.29, 1.82) is 0 Å². The van der Waals surface area contributed by atoms with Gasteiger partial charge in [0.25, 0.3) is 0 Å². The van der Waals surface area contributed by atoms with Crippen LogP contribution in [0.2, 0.25) is 0 Å². The Morgan fingerprint density at radius 2 is 2.19 bits per heavy atom. The Balaban J connectivity index is 2.29. The number of hydrogen-bond donors (Lipinski definition) is 1. The van der Waals surface area contributed by atoms with Crippen molar-refractivity contribution in [1.82, 2.24) is 18.7 Å². The topological polar surface area (TPSA) is 63.6 Å². The van der Waals surface area contributed by atoms with E-state index in [1.165, 1.54) is 23.5 Å². The lowest BCUT2D eigenvalue weighted by atomic mass is 10.3. The molecule has 0 amide bonds. The van der Waals surface area contributed by atoms with Gasteiger partial charge in [0.2, 0.25) is 0 Å². The Hall–Kier alpha value is -0.950. The number of hydrogen-bond acceptors (Lipinski definition) is 7. The van der Waals surface area contributed by atoms with E-state index in [0.29, 0.717) is 5.65 Å². The number of anilines is 1. The molecule has 0 aliphatic heterocycles.